The highest BCUT2D eigenvalue weighted by atomic mass is 32.1. The Bertz CT molecular complexity index is 1110. The fourth-order valence-corrected chi connectivity index (χ4v) is 3.91. The number of aryl methyl sites for hydroxylation is 1. The average molecular weight is 405 g/mol. The van der Waals surface area contributed by atoms with E-state index in [2.05, 4.69) is 9.72 Å². The number of esters is 1. The average Bonchev–Trinajstić information content (AvgIpc) is 3.26. The van der Waals surface area contributed by atoms with Gasteiger partial charge in [-0.2, -0.15) is 0 Å². The van der Waals surface area contributed by atoms with Crippen LogP contribution >= 0.6 is 11.3 Å². The number of nitrogens with two attached hydrogens (primary N) is 1. The van der Waals surface area contributed by atoms with E-state index in [1.807, 2.05) is 0 Å². The quantitative estimate of drug-likeness (QED) is 0.590. The van der Waals surface area contributed by atoms with Gasteiger partial charge in [0.2, 0.25) is 5.76 Å². The summed E-state index contributed by atoms with van der Waals surface area (Å²) in [6.07, 6.45) is 0.384. The summed E-state index contributed by atoms with van der Waals surface area (Å²) in [7, 11) is 2.81. The predicted molar refractivity (Wildman–Crippen MR) is 102 cm³/mol. The number of carbonyl (C=O) groups excluding carboxylic acids is 2. The molecule has 3 aromatic rings. The number of carbonyl (C=O) groups is 2. The number of ether oxygens (including phenoxy) is 2. The highest BCUT2D eigenvalue weighted by molar-refractivity contribution is 7.20. The third-order valence-corrected chi connectivity index (χ3v) is 5.45. The van der Waals surface area contributed by atoms with Gasteiger partial charge in [0.05, 0.1) is 30.5 Å². The van der Waals surface area contributed by atoms with Crippen molar-refractivity contribution in [3.8, 4) is 0 Å². The lowest BCUT2D eigenvalue weighted by atomic mass is 10.2. The third-order valence-electron chi connectivity index (χ3n) is 4.25. The van der Waals surface area contributed by atoms with Gasteiger partial charge in [0, 0.05) is 13.5 Å². The minimum Gasteiger partial charge on any atom is -0.463 e. The van der Waals surface area contributed by atoms with E-state index in [9.17, 15) is 14.4 Å². The molecule has 0 saturated heterocycles. The molecule has 0 aliphatic heterocycles. The number of aromatic nitrogens is 2. The number of methoxy groups -OCH3 is 2. The molecule has 1 amide bonds. The number of hydrogen-bond donors (Lipinski definition) is 1. The van der Waals surface area contributed by atoms with Gasteiger partial charge in [-0.1, -0.05) is 0 Å². The van der Waals surface area contributed by atoms with Crippen molar-refractivity contribution in [1.82, 2.24) is 9.55 Å². The number of furan rings is 1. The largest absolute Gasteiger partial charge is 0.463 e. The number of thiophene rings is 1. The number of amides is 1. The van der Waals surface area contributed by atoms with E-state index in [0.29, 0.717) is 45.3 Å². The monoisotopic (exact) mass is 405 g/mol. The maximum absolute atomic E-state index is 13.2. The summed E-state index contributed by atoms with van der Waals surface area (Å²) in [5, 5.41) is 0.347. The Balaban J connectivity index is 2.13. The van der Waals surface area contributed by atoms with E-state index in [1.165, 1.54) is 17.7 Å². The van der Waals surface area contributed by atoms with Crippen LogP contribution in [-0.4, -0.2) is 42.3 Å². The molecule has 2 N–H and O–H groups in total. The van der Waals surface area contributed by atoms with Gasteiger partial charge < -0.3 is 19.6 Å². The maximum atomic E-state index is 13.2. The lowest BCUT2D eigenvalue weighted by molar-refractivity contribution is 0.0562. The minimum absolute atomic E-state index is 0.0424. The molecule has 9 nitrogen and oxygen atoms in total. The molecule has 0 aromatic carbocycles. The van der Waals surface area contributed by atoms with Crippen molar-refractivity contribution in [2.45, 2.75) is 19.9 Å². The molecule has 3 heterocycles. The Hall–Kier alpha value is -2.98. The van der Waals surface area contributed by atoms with Gasteiger partial charge in [-0.05, 0) is 24.6 Å². The molecular formula is C18H19N3O6S. The number of nitrogens with zero attached hydrogens (tertiary/aromatic N) is 2. The summed E-state index contributed by atoms with van der Waals surface area (Å²) in [5.41, 5.74) is 5.60. The van der Waals surface area contributed by atoms with Gasteiger partial charge in [-0.15, -0.1) is 11.3 Å². The van der Waals surface area contributed by atoms with Gasteiger partial charge in [-0.3, -0.25) is 14.2 Å². The number of primary amides is 1. The normalized spacial score (nSPS) is 11.1. The van der Waals surface area contributed by atoms with Crippen LogP contribution in [0, 0.1) is 6.92 Å². The Morgan fingerprint density at radius 2 is 2.07 bits per heavy atom. The molecule has 10 heteroatoms. The Morgan fingerprint density at radius 3 is 2.71 bits per heavy atom. The Morgan fingerprint density at radius 1 is 1.32 bits per heavy atom. The molecule has 0 radical (unpaired) electrons. The molecule has 0 bridgehead atoms. The fourth-order valence-electron chi connectivity index (χ4n) is 2.87. The molecule has 0 saturated carbocycles. The Labute approximate surface area is 163 Å². The van der Waals surface area contributed by atoms with E-state index in [0.717, 1.165) is 11.3 Å². The van der Waals surface area contributed by atoms with Crippen molar-refractivity contribution < 1.29 is 23.5 Å². The van der Waals surface area contributed by atoms with Crippen molar-refractivity contribution in [1.29, 1.82) is 0 Å². The van der Waals surface area contributed by atoms with Crippen LogP contribution in [0.2, 0.25) is 0 Å². The van der Waals surface area contributed by atoms with Crippen LogP contribution < -0.4 is 11.3 Å². The van der Waals surface area contributed by atoms with E-state index in [-0.39, 0.29) is 17.9 Å². The van der Waals surface area contributed by atoms with Crippen LogP contribution in [0.1, 0.15) is 37.4 Å². The van der Waals surface area contributed by atoms with Gasteiger partial charge in [0.1, 0.15) is 16.4 Å². The molecule has 3 rings (SSSR count). The summed E-state index contributed by atoms with van der Waals surface area (Å²) in [5.74, 6) is -0.288. The first-order valence-electron chi connectivity index (χ1n) is 8.36. The first-order valence-corrected chi connectivity index (χ1v) is 9.17. The predicted octanol–water partition coefficient (Wildman–Crippen LogP) is 1.48. The smallest absolute Gasteiger partial charge is 0.373 e. The van der Waals surface area contributed by atoms with Crippen molar-refractivity contribution in [3.05, 3.63) is 50.3 Å². The van der Waals surface area contributed by atoms with Gasteiger partial charge in [0.25, 0.3) is 11.5 Å². The van der Waals surface area contributed by atoms with Crippen LogP contribution in [-0.2, 0) is 22.4 Å². The highest BCUT2D eigenvalue weighted by Gasteiger charge is 2.21. The summed E-state index contributed by atoms with van der Waals surface area (Å²) in [6, 6.07) is 3.08. The van der Waals surface area contributed by atoms with Crippen LogP contribution in [0.25, 0.3) is 10.2 Å². The molecule has 0 unspecified atom stereocenters. The van der Waals surface area contributed by atoms with Crippen LogP contribution in [0.3, 0.4) is 0 Å². The van der Waals surface area contributed by atoms with Crippen molar-refractivity contribution >= 4 is 33.4 Å². The van der Waals surface area contributed by atoms with Crippen molar-refractivity contribution in [2.75, 3.05) is 20.8 Å². The molecule has 0 spiro atoms. The molecule has 28 heavy (non-hydrogen) atoms. The molecule has 148 valence electrons. The first kappa shape index (κ1) is 19.8. The van der Waals surface area contributed by atoms with Gasteiger partial charge in [-0.25, -0.2) is 9.78 Å². The lowest BCUT2D eigenvalue weighted by Crippen LogP contribution is -2.26. The zero-order chi connectivity index (χ0) is 20.4. The highest BCUT2D eigenvalue weighted by Crippen LogP contribution is 2.27. The van der Waals surface area contributed by atoms with Gasteiger partial charge in [0.15, 0.2) is 0 Å². The second-order valence-electron chi connectivity index (χ2n) is 6.02. The topological polar surface area (TPSA) is 127 Å². The van der Waals surface area contributed by atoms with E-state index >= 15 is 0 Å². The zero-order valence-electron chi connectivity index (χ0n) is 15.6. The summed E-state index contributed by atoms with van der Waals surface area (Å²) < 4.78 is 16.7. The lowest BCUT2D eigenvalue weighted by Gasteiger charge is -2.11. The molecule has 3 aromatic heterocycles. The van der Waals surface area contributed by atoms with Crippen molar-refractivity contribution in [3.63, 3.8) is 0 Å². The second kappa shape index (κ2) is 7.95. The van der Waals surface area contributed by atoms with Gasteiger partial charge >= 0.3 is 5.97 Å². The third kappa shape index (κ3) is 3.56. The standard InChI is InChI=1S/C18H19N3O6S/c1-9-13-16(28-14(9)15(19)22)20-12(6-7-25-2)21(17(13)23)8-10-4-5-11(27-10)18(24)26-3/h4-5H,6-8H2,1-3H3,(H2,19,22). The van der Waals surface area contributed by atoms with E-state index < -0.39 is 11.9 Å². The zero-order valence-corrected chi connectivity index (χ0v) is 16.4. The molecule has 0 atom stereocenters. The molecular weight excluding hydrogens is 386 g/mol. The molecule has 0 aliphatic rings. The van der Waals surface area contributed by atoms with Crippen LogP contribution in [0.15, 0.2) is 21.3 Å². The number of rotatable bonds is 7. The summed E-state index contributed by atoms with van der Waals surface area (Å²) in [4.78, 5) is 41.7. The maximum Gasteiger partial charge on any atom is 0.373 e. The summed E-state index contributed by atoms with van der Waals surface area (Å²) in [6.45, 7) is 2.10. The number of fused-ring (bicyclic) bond motifs is 1. The Kier molecular flexibility index (Phi) is 5.61. The molecule has 0 aliphatic carbocycles. The van der Waals surface area contributed by atoms with Crippen LogP contribution in [0.5, 0.6) is 0 Å². The van der Waals surface area contributed by atoms with E-state index in [1.54, 1.807) is 20.1 Å². The number of hydrogen-bond acceptors (Lipinski definition) is 8. The molecule has 0 fully saturated rings. The minimum atomic E-state index is -0.605. The second-order valence-corrected chi connectivity index (χ2v) is 7.02. The van der Waals surface area contributed by atoms with Crippen molar-refractivity contribution in [2.24, 2.45) is 5.73 Å². The fraction of sp³-hybridized carbons (Fsp3) is 0.333. The SMILES string of the molecule is COCCc1nc2sc(C(N)=O)c(C)c2c(=O)n1Cc1ccc(C(=O)OC)o1. The summed E-state index contributed by atoms with van der Waals surface area (Å²) >= 11 is 1.10. The first-order chi connectivity index (χ1) is 13.4. The van der Waals surface area contributed by atoms with E-state index in [4.69, 9.17) is 14.9 Å². The van der Waals surface area contributed by atoms with Crippen LogP contribution in [0.4, 0.5) is 0 Å².